The standard InChI is InChI=1S/C20H18N6O5S2/c1-9-10(3-2-6-22-9)4-5-11-7-32-18-14(17(28)26(18)15(11)19(29)30)24-16(27)13(25-31)12-8-33-20(21)23-12/h2-6,8,14,18,31H,7H2,1H3,(H2,21,23)(H,24,27)(H,29,30)/b5-4-,25-13?/t14-,18-/m1/s1. The molecule has 0 saturated carbocycles. The third-order valence-corrected chi connectivity index (χ3v) is 7.05. The predicted molar refractivity (Wildman–Crippen MR) is 123 cm³/mol. The van der Waals surface area contributed by atoms with Gasteiger partial charge in [-0.1, -0.05) is 23.4 Å². The number of nitrogen functional groups attached to an aromatic ring is 1. The van der Waals surface area contributed by atoms with Crippen LogP contribution in [0.5, 0.6) is 0 Å². The van der Waals surface area contributed by atoms with Gasteiger partial charge in [-0.25, -0.2) is 9.78 Å². The first kappa shape index (κ1) is 22.5. The van der Waals surface area contributed by atoms with Crippen LogP contribution in [0.4, 0.5) is 5.13 Å². The van der Waals surface area contributed by atoms with Crippen LogP contribution in [0.2, 0.25) is 0 Å². The number of fused-ring (bicyclic) bond motifs is 1. The number of nitrogens with one attached hydrogen (secondary N) is 1. The number of hydrogen-bond acceptors (Lipinski definition) is 10. The zero-order chi connectivity index (χ0) is 23.7. The fourth-order valence-corrected chi connectivity index (χ4v) is 5.32. The highest BCUT2D eigenvalue weighted by Gasteiger charge is 2.54. The second kappa shape index (κ2) is 9.03. The summed E-state index contributed by atoms with van der Waals surface area (Å²) in [5.41, 5.74) is 7.20. The quantitative estimate of drug-likeness (QED) is 0.202. The number of nitrogens with two attached hydrogens (primary N) is 1. The number of nitrogens with zero attached hydrogens (tertiary/aromatic N) is 4. The second-order valence-electron chi connectivity index (χ2n) is 7.07. The van der Waals surface area contributed by atoms with Crippen molar-refractivity contribution in [2.45, 2.75) is 18.3 Å². The Bertz CT molecular complexity index is 1240. The average molecular weight is 487 g/mol. The number of anilines is 1. The normalized spacial score (nSPS) is 20.6. The Morgan fingerprint density at radius 1 is 1.39 bits per heavy atom. The number of allylic oxidation sites excluding steroid dienone is 1. The number of hydrogen-bond donors (Lipinski definition) is 4. The number of amides is 2. The molecular weight excluding hydrogens is 468 g/mol. The molecule has 4 heterocycles. The van der Waals surface area contributed by atoms with E-state index in [0.717, 1.165) is 27.5 Å². The molecule has 0 radical (unpaired) electrons. The number of rotatable bonds is 6. The summed E-state index contributed by atoms with van der Waals surface area (Å²) >= 11 is 2.39. The van der Waals surface area contributed by atoms with Crippen molar-refractivity contribution in [1.29, 1.82) is 0 Å². The minimum atomic E-state index is -1.24. The van der Waals surface area contributed by atoms with E-state index in [1.54, 1.807) is 24.4 Å². The molecule has 0 aliphatic carbocycles. The Hall–Kier alpha value is -3.71. The van der Waals surface area contributed by atoms with E-state index in [0.29, 0.717) is 11.3 Å². The van der Waals surface area contributed by atoms with Crippen molar-refractivity contribution in [3.05, 3.63) is 58.0 Å². The van der Waals surface area contributed by atoms with Gasteiger partial charge in [0.1, 0.15) is 22.8 Å². The summed E-state index contributed by atoms with van der Waals surface area (Å²) in [5.74, 6) is -2.31. The number of aliphatic carboxylic acids is 1. The molecule has 0 bridgehead atoms. The van der Waals surface area contributed by atoms with Gasteiger partial charge in [-0.2, -0.15) is 0 Å². The fraction of sp³-hybridized carbons (Fsp3) is 0.200. The van der Waals surface area contributed by atoms with Crippen molar-refractivity contribution in [2.24, 2.45) is 5.16 Å². The number of thiazole rings is 1. The summed E-state index contributed by atoms with van der Waals surface area (Å²) in [4.78, 5) is 46.6. The van der Waals surface area contributed by atoms with Crippen molar-refractivity contribution >= 4 is 57.8 Å². The Kier molecular flexibility index (Phi) is 6.16. The molecule has 2 aromatic rings. The Morgan fingerprint density at radius 3 is 2.82 bits per heavy atom. The monoisotopic (exact) mass is 486 g/mol. The van der Waals surface area contributed by atoms with Crippen LogP contribution in [0.25, 0.3) is 6.08 Å². The molecular formula is C20H18N6O5S2. The Labute approximate surface area is 195 Å². The van der Waals surface area contributed by atoms with Gasteiger partial charge in [-0.3, -0.25) is 19.5 Å². The molecule has 2 amide bonds. The highest BCUT2D eigenvalue weighted by molar-refractivity contribution is 8.00. The van der Waals surface area contributed by atoms with Crippen LogP contribution in [0.15, 0.2) is 46.2 Å². The second-order valence-corrected chi connectivity index (χ2v) is 9.07. The SMILES string of the molecule is Cc1ncccc1/C=C\C1=C(C(=O)O)N2C(=O)[C@@H](NC(=O)C(=NO)c3csc(N)n3)[C@H]2SC1. The lowest BCUT2D eigenvalue weighted by Crippen LogP contribution is -2.71. The Balaban J connectivity index is 1.54. The molecule has 1 saturated heterocycles. The molecule has 2 atom stereocenters. The van der Waals surface area contributed by atoms with Crippen LogP contribution in [-0.4, -0.2) is 65.8 Å². The van der Waals surface area contributed by atoms with Crippen molar-refractivity contribution < 1.29 is 24.7 Å². The van der Waals surface area contributed by atoms with Crippen molar-refractivity contribution in [3.63, 3.8) is 0 Å². The summed E-state index contributed by atoms with van der Waals surface area (Å²) in [5, 5.41) is 25.5. The largest absolute Gasteiger partial charge is 0.477 e. The Morgan fingerprint density at radius 2 is 2.18 bits per heavy atom. The van der Waals surface area contributed by atoms with Gasteiger partial charge in [0.25, 0.3) is 11.8 Å². The number of aryl methyl sites for hydroxylation is 1. The number of carbonyl (C=O) groups is 3. The number of oxime groups is 1. The van der Waals surface area contributed by atoms with Gasteiger partial charge in [-0.15, -0.1) is 23.1 Å². The van der Waals surface area contributed by atoms with E-state index < -0.39 is 29.2 Å². The molecule has 2 aliphatic heterocycles. The first-order valence-electron chi connectivity index (χ1n) is 9.57. The van der Waals surface area contributed by atoms with Crippen molar-refractivity contribution in [1.82, 2.24) is 20.2 Å². The van der Waals surface area contributed by atoms with Gasteiger partial charge in [-0.05, 0) is 24.1 Å². The lowest BCUT2D eigenvalue weighted by atomic mass is 10.0. The van der Waals surface area contributed by atoms with E-state index >= 15 is 0 Å². The molecule has 13 heteroatoms. The van der Waals surface area contributed by atoms with Crippen LogP contribution in [0.1, 0.15) is 17.0 Å². The van der Waals surface area contributed by atoms with E-state index in [2.05, 4.69) is 20.4 Å². The van der Waals surface area contributed by atoms with Gasteiger partial charge < -0.3 is 21.4 Å². The summed E-state index contributed by atoms with van der Waals surface area (Å²) in [7, 11) is 0. The van der Waals surface area contributed by atoms with E-state index in [1.165, 1.54) is 17.1 Å². The molecule has 1 fully saturated rings. The smallest absolute Gasteiger partial charge is 0.352 e. The molecule has 2 aliphatic rings. The minimum Gasteiger partial charge on any atom is -0.477 e. The zero-order valence-corrected chi connectivity index (χ0v) is 18.8. The maximum atomic E-state index is 12.8. The van der Waals surface area contributed by atoms with Crippen LogP contribution in [-0.2, 0) is 14.4 Å². The molecule has 5 N–H and O–H groups in total. The number of carboxylic acids is 1. The minimum absolute atomic E-state index is 0.0710. The number of thioether (sulfide) groups is 1. The topological polar surface area (TPSA) is 171 Å². The van der Waals surface area contributed by atoms with Gasteiger partial charge in [0.15, 0.2) is 10.8 Å². The van der Waals surface area contributed by atoms with Gasteiger partial charge >= 0.3 is 5.97 Å². The summed E-state index contributed by atoms with van der Waals surface area (Å²) in [6, 6.07) is 2.66. The summed E-state index contributed by atoms with van der Waals surface area (Å²) in [6.07, 6.45) is 5.09. The molecule has 0 aromatic carbocycles. The molecule has 4 rings (SSSR count). The third-order valence-electron chi connectivity index (χ3n) is 5.08. The van der Waals surface area contributed by atoms with Crippen molar-refractivity contribution in [2.75, 3.05) is 11.5 Å². The van der Waals surface area contributed by atoms with E-state index in [-0.39, 0.29) is 22.2 Å². The summed E-state index contributed by atoms with van der Waals surface area (Å²) < 4.78 is 0. The van der Waals surface area contributed by atoms with Gasteiger partial charge in [0.2, 0.25) is 0 Å². The van der Waals surface area contributed by atoms with Gasteiger partial charge in [0, 0.05) is 23.0 Å². The van der Waals surface area contributed by atoms with Crippen LogP contribution < -0.4 is 11.1 Å². The first-order chi connectivity index (χ1) is 15.8. The molecule has 11 nitrogen and oxygen atoms in total. The highest BCUT2D eigenvalue weighted by Crippen LogP contribution is 2.40. The molecule has 2 aromatic heterocycles. The van der Waals surface area contributed by atoms with E-state index in [9.17, 15) is 24.7 Å². The van der Waals surface area contributed by atoms with Crippen LogP contribution in [0, 0.1) is 6.92 Å². The first-order valence-corrected chi connectivity index (χ1v) is 11.5. The van der Waals surface area contributed by atoms with Crippen LogP contribution in [0.3, 0.4) is 0 Å². The fourth-order valence-electron chi connectivity index (χ4n) is 3.45. The summed E-state index contributed by atoms with van der Waals surface area (Å²) in [6.45, 7) is 1.84. The lowest BCUT2D eigenvalue weighted by Gasteiger charge is -2.49. The molecule has 0 spiro atoms. The van der Waals surface area contributed by atoms with Crippen molar-refractivity contribution in [3.8, 4) is 0 Å². The number of β-lactam (4-membered cyclic amide) rings is 1. The number of pyridine rings is 1. The number of carboxylic acid groups (broad SMARTS) is 1. The molecule has 170 valence electrons. The maximum absolute atomic E-state index is 12.8. The third kappa shape index (κ3) is 4.19. The highest BCUT2D eigenvalue weighted by atomic mass is 32.2. The average Bonchev–Trinajstić information content (AvgIpc) is 3.22. The van der Waals surface area contributed by atoms with E-state index in [1.807, 2.05) is 13.0 Å². The molecule has 0 unspecified atom stereocenters. The van der Waals surface area contributed by atoms with E-state index in [4.69, 9.17) is 5.73 Å². The van der Waals surface area contributed by atoms with Crippen LogP contribution >= 0.6 is 23.1 Å². The number of aromatic nitrogens is 2. The predicted octanol–water partition coefficient (Wildman–Crippen LogP) is 1.06. The lowest BCUT2D eigenvalue weighted by molar-refractivity contribution is -0.150. The zero-order valence-electron chi connectivity index (χ0n) is 17.1. The van der Waals surface area contributed by atoms with Gasteiger partial charge in [0.05, 0.1) is 0 Å². The maximum Gasteiger partial charge on any atom is 0.352 e. The number of carbonyl (C=O) groups excluding carboxylic acids is 2. The molecule has 33 heavy (non-hydrogen) atoms.